The van der Waals surface area contributed by atoms with Gasteiger partial charge in [-0.25, -0.2) is 0 Å². The molecule has 0 aliphatic rings. The Morgan fingerprint density at radius 1 is 1.25 bits per heavy atom. The molecule has 4 heavy (non-hydrogen) atoms. The van der Waals surface area contributed by atoms with Gasteiger partial charge in [0, 0.05) is 22.4 Å². The van der Waals surface area contributed by atoms with Gasteiger partial charge in [0.25, 0.3) is 0 Å². The van der Waals surface area contributed by atoms with Crippen molar-refractivity contribution in [3.63, 3.8) is 0 Å². The maximum absolute atomic E-state index is 0. The summed E-state index contributed by atoms with van der Waals surface area (Å²) < 4.78 is 0. The summed E-state index contributed by atoms with van der Waals surface area (Å²) >= 11 is 0. The average Bonchev–Trinajstić information content (AvgIpc) is 0. The van der Waals surface area contributed by atoms with Crippen LogP contribution >= 0.6 is 0 Å². The first-order chi connectivity index (χ1) is 0. The minimum absolute atomic E-state index is 0. The zero-order valence-corrected chi connectivity index (χ0v) is 3.88. The average molecular weight is 255 g/mol. The van der Waals surface area contributed by atoms with Crippen LogP contribution in [-0.2, 0) is 22.4 Å². The Morgan fingerprint density at radius 3 is 1.25 bits per heavy atom. The number of halogens is 1. The molecular weight excluding hydrogens is 250 g/mol. The predicted molar refractivity (Wildman–Crippen MR) is 13.6 cm³/mol. The summed E-state index contributed by atoms with van der Waals surface area (Å²) in [5, 5.41) is 0. The second-order valence-corrected chi connectivity index (χ2v) is 0. The molecule has 0 atom stereocenters. The van der Waals surface area contributed by atoms with Crippen LogP contribution in [0, 0.1) is 0 Å². The van der Waals surface area contributed by atoms with Crippen molar-refractivity contribution < 1.29 is 47.4 Å². The fourth-order valence-electron chi connectivity index (χ4n) is 0. The fourth-order valence-corrected chi connectivity index (χ4v) is 0. The standard InChI is InChI=1S/Al.Au.FH.Li.4H/h;;1H;;;;;/q;;;+1;;;;-1. The van der Waals surface area contributed by atoms with Crippen molar-refractivity contribution in [2.24, 2.45) is 0 Å². The maximum atomic E-state index is 0. The van der Waals surface area contributed by atoms with Crippen molar-refractivity contribution in [2.45, 2.75) is 0 Å². The van der Waals surface area contributed by atoms with Gasteiger partial charge < -0.3 is 1.43 Å². The Balaban J connectivity index is 0. The minimum atomic E-state index is 0. The summed E-state index contributed by atoms with van der Waals surface area (Å²) in [6, 6.07) is 0. The molecule has 0 N–H and O–H groups in total. The van der Waals surface area contributed by atoms with Crippen molar-refractivity contribution in [1.82, 2.24) is 0 Å². The minimum Gasteiger partial charge on any atom is -1.00 e. The Labute approximate surface area is 64.4 Å². The van der Waals surface area contributed by atoms with Gasteiger partial charge in [0.1, 0.15) is 0 Å². The van der Waals surface area contributed by atoms with E-state index in [0.29, 0.717) is 0 Å². The quantitative estimate of drug-likeness (QED) is 0.388. The summed E-state index contributed by atoms with van der Waals surface area (Å²) in [6.45, 7) is 0. The summed E-state index contributed by atoms with van der Waals surface area (Å²) in [7, 11) is 0. The van der Waals surface area contributed by atoms with Gasteiger partial charge in [-0.15, -0.1) is 0 Å². The second kappa shape index (κ2) is 21.4. The maximum Gasteiger partial charge on any atom is 1.00 e. The fraction of sp³-hybridized carbons (Fsp3) is 0. The molecule has 0 saturated carbocycles. The van der Waals surface area contributed by atoms with Gasteiger partial charge in [0.2, 0.25) is 0 Å². The third-order valence-corrected chi connectivity index (χ3v) is 0. The molecule has 0 heterocycles. The van der Waals surface area contributed by atoms with Gasteiger partial charge in [-0.05, 0) is 0 Å². The van der Waals surface area contributed by atoms with Crippen LogP contribution in [0.4, 0.5) is 4.70 Å². The van der Waals surface area contributed by atoms with E-state index in [1.165, 1.54) is 0 Å². The molecular formula is H5AlAuFLi. The van der Waals surface area contributed by atoms with Crippen LogP contribution in [0.3, 0.4) is 0 Å². The molecule has 0 aromatic rings. The molecule has 0 spiro atoms. The van der Waals surface area contributed by atoms with Gasteiger partial charge >= 0.3 is 18.9 Å². The topological polar surface area (TPSA) is 0 Å². The number of hydrogen-bond donors (Lipinski definition) is 0. The smallest absolute Gasteiger partial charge is 1.00 e. The zero-order valence-electron chi connectivity index (χ0n) is 2.71. The van der Waals surface area contributed by atoms with Crippen molar-refractivity contribution in [3.8, 4) is 0 Å². The molecule has 1 radical (unpaired) electrons. The molecule has 0 nitrogen and oxygen atoms in total. The van der Waals surface area contributed by atoms with Crippen molar-refractivity contribution in [2.75, 3.05) is 0 Å². The third-order valence-electron chi connectivity index (χ3n) is 0. The third kappa shape index (κ3) is 9.19. The Bertz CT molecular complexity index is 11.6. The molecule has 4 heteroatoms. The van der Waals surface area contributed by atoms with E-state index in [9.17, 15) is 0 Å². The number of rotatable bonds is 0. The Morgan fingerprint density at radius 2 is 1.25 bits per heavy atom. The van der Waals surface area contributed by atoms with Crippen LogP contribution in [0.2, 0.25) is 0 Å². The van der Waals surface area contributed by atoms with Gasteiger partial charge in [0.05, 0.1) is 0 Å². The first-order valence-electron chi connectivity index (χ1n) is 0. The second-order valence-electron chi connectivity index (χ2n) is 0. The number of hydrogen-bond acceptors (Lipinski definition) is 0. The zero-order chi connectivity index (χ0) is 0. The Kier molecular flexibility index (Phi) is 221. The van der Waals surface area contributed by atoms with Crippen LogP contribution in [0.5, 0.6) is 0 Å². The molecule has 0 aromatic carbocycles. The SMILES string of the molecule is F.[AlH3].[Au].[H-].[Li+]. The van der Waals surface area contributed by atoms with E-state index in [2.05, 4.69) is 0 Å². The summed E-state index contributed by atoms with van der Waals surface area (Å²) in [5.41, 5.74) is 0. The van der Waals surface area contributed by atoms with E-state index in [0.717, 1.165) is 0 Å². The molecule has 0 amide bonds. The van der Waals surface area contributed by atoms with E-state index in [1.807, 2.05) is 0 Å². The Hall–Kier alpha value is 1.80. The molecule has 0 bridgehead atoms. The summed E-state index contributed by atoms with van der Waals surface area (Å²) in [5.74, 6) is 0. The van der Waals surface area contributed by atoms with Crippen LogP contribution in [0.25, 0.3) is 0 Å². The molecule has 0 aliphatic heterocycles. The summed E-state index contributed by atoms with van der Waals surface area (Å²) in [6.07, 6.45) is 0. The van der Waals surface area contributed by atoms with E-state index in [1.54, 1.807) is 0 Å². The molecule has 0 aromatic heterocycles. The normalized spacial score (nSPS) is 0. The molecule has 27 valence electrons. The molecule has 0 aliphatic carbocycles. The first-order valence-corrected chi connectivity index (χ1v) is 0. The molecule has 0 fully saturated rings. The van der Waals surface area contributed by atoms with Crippen LogP contribution < -0.4 is 18.9 Å². The molecule has 0 saturated heterocycles. The van der Waals surface area contributed by atoms with Crippen molar-refractivity contribution in [3.05, 3.63) is 0 Å². The van der Waals surface area contributed by atoms with Gasteiger partial charge in [-0.3, -0.25) is 4.70 Å². The predicted octanol–water partition coefficient (Wildman–Crippen LogP) is -3.92. The van der Waals surface area contributed by atoms with E-state index < -0.39 is 0 Å². The monoisotopic (exact) mass is 255 g/mol. The largest absolute Gasteiger partial charge is 1.00 e. The van der Waals surface area contributed by atoms with Crippen LogP contribution in [-0.4, -0.2) is 17.4 Å². The van der Waals surface area contributed by atoms with Gasteiger partial charge in [0.15, 0.2) is 17.4 Å². The van der Waals surface area contributed by atoms with E-state index in [4.69, 9.17) is 0 Å². The van der Waals surface area contributed by atoms with Gasteiger partial charge in [-0.1, -0.05) is 0 Å². The van der Waals surface area contributed by atoms with Crippen molar-refractivity contribution >= 4 is 17.4 Å². The summed E-state index contributed by atoms with van der Waals surface area (Å²) in [4.78, 5) is 0. The van der Waals surface area contributed by atoms with Crippen molar-refractivity contribution in [1.29, 1.82) is 0 Å². The van der Waals surface area contributed by atoms with E-state index in [-0.39, 0.29) is 64.7 Å². The first kappa shape index (κ1) is 41.2. The molecule has 0 unspecified atom stereocenters. The van der Waals surface area contributed by atoms with Crippen LogP contribution in [0.15, 0.2) is 0 Å². The van der Waals surface area contributed by atoms with Gasteiger partial charge in [-0.2, -0.15) is 0 Å². The molecule has 0 rings (SSSR count). The van der Waals surface area contributed by atoms with E-state index >= 15 is 0 Å². The van der Waals surface area contributed by atoms with Crippen LogP contribution in [0.1, 0.15) is 1.43 Å².